The van der Waals surface area contributed by atoms with E-state index in [-0.39, 0.29) is 28.9 Å². The number of benzene rings is 2. The highest BCUT2D eigenvalue weighted by atomic mass is 35.5. The van der Waals surface area contributed by atoms with Crippen LogP contribution in [0.1, 0.15) is 26.3 Å². The minimum atomic E-state index is -0.659. The van der Waals surface area contributed by atoms with Gasteiger partial charge in [0.25, 0.3) is 5.91 Å². The second-order valence-electron chi connectivity index (χ2n) is 5.87. The van der Waals surface area contributed by atoms with Gasteiger partial charge in [-0.1, -0.05) is 23.7 Å². The molecule has 0 saturated carbocycles. The summed E-state index contributed by atoms with van der Waals surface area (Å²) in [5, 5.41) is 15.2. The number of nitrogens with one attached hydrogen (secondary N) is 2. The van der Waals surface area contributed by atoms with Gasteiger partial charge in [-0.2, -0.15) is 5.26 Å². The summed E-state index contributed by atoms with van der Waals surface area (Å²) in [6.45, 7) is 0.195. The molecule has 0 unspecified atom stereocenters. The van der Waals surface area contributed by atoms with Crippen molar-refractivity contribution in [3.05, 3.63) is 76.0 Å². The molecule has 0 atom stereocenters. The van der Waals surface area contributed by atoms with Crippen molar-refractivity contribution in [2.45, 2.75) is 6.54 Å². The van der Waals surface area contributed by atoms with Crippen LogP contribution in [-0.4, -0.2) is 32.1 Å². The second-order valence-corrected chi connectivity index (χ2v) is 6.30. The van der Waals surface area contributed by atoms with Crippen LogP contribution in [0.25, 0.3) is 0 Å². The first-order valence-electron chi connectivity index (χ1n) is 8.59. The lowest BCUT2D eigenvalue weighted by Gasteiger charge is -2.10. The van der Waals surface area contributed by atoms with Crippen LogP contribution in [0.4, 0.5) is 5.69 Å². The Kier molecular flexibility index (Phi) is 7.97. The largest absolute Gasteiger partial charge is 0.465 e. The number of carbonyl (C=O) groups excluding carboxylic acids is 3. The fraction of sp³-hybridized carbons (Fsp3) is 0.143. The minimum absolute atomic E-state index is 0.111. The van der Waals surface area contributed by atoms with Gasteiger partial charge in [0.2, 0.25) is 0 Å². The maximum Gasteiger partial charge on any atom is 0.339 e. The third-order valence-corrected chi connectivity index (χ3v) is 4.20. The van der Waals surface area contributed by atoms with Crippen molar-refractivity contribution in [1.29, 1.82) is 5.26 Å². The van der Waals surface area contributed by atoms with Crippen LogP contribution >= 0.6 is 11.6 Å². The van der Waals surface area contributed by atoms with Crippen LogP contribution < -0.4 is 10.6 Å². The molecule has 0 fully saturated rings. The first kappa shape index (κ1) is 22.5. The zero-order chi connectivity index (χ0) is 22.1. The predicted molar refractivity (Wildman–Crippen MR) is 110 cm³/mol. The Hall–Kier alpha value is -3.83. The molecule has 30 heavy (non-hydrogen) atoms. The van der Waals surface area contributed by atoms with Crippen LogP contribution in [0.3, 0.4) is 0 Å². The zero-order valence-corrected chi connectivity index (χ0v) is 16.9. The van der Waals surface area contributed by atoms with Crippen LogP contribution in [0.5, 0.6) is 0 Å². The fourth-order valence-electron chi connectivity index (χ4n) is 2.37. The molecule has 2 rings (SSSR count). The van der Waals surface area contributed by atoms with E-state index in [0.717, 1.165) is 11.8 Å². The van der Waals surface area contributed by atoms with Gasteiger partial charge in [-0.25, -0.2) is 9.59 Å². The molecule has 0 aliphatic rings. The molecule has 0 aliphatic heterocycles. The first-order valence-corrected chi connectivity index (χ1v) is 8.97. The van der Waals surface area contributed by atoms with E-state index in [4.69, 9.17) is 16.3 Å². The van der Waals surface area contributed by atoms with Gasteiger partial charge in [-0.05, 0) is 35.9 Å². The van der Waals surface area contributed by atoms with Gasteiger partial charge in [0.05, 0.1) is 31.0 Å². The molecule has 8 nitrogen and oxygen atoms in total. The number of rotatable bonds is 7. The summed E-state index contributed by atoms with van der Waals surface area (Å²) in [5.74, 6) is -1.89. The van der Waals surface area contributed by atoms with E-state index in [1.165, 1.54) is 32.4 Å². The van der Waals surface area contributed by atoms with Crippen molar-refractivity contribution >= 4 is 35.1 Å². The Morgan fingerprint density at radius 2 is 1.73 bits per heavy atom. The number of nitrogens with zero attached hydrogens (tertiary/aromatic N) is 1. The summed E-state index contributed by atoms with van der Waals surface area (Å²) in [4.78, 5) is 36.0. The average molecular weight is 428 g/mol. The molecule has 0 radical (unpaired) electrons. The molecule has 154 valence electrons. The molecule has 1 amide bonds. The SMILES string of the molecule is COC(=O)c1ccc(C(=O)OC)c(N/C=C(/C#N)C(=O)NCc2ccc(Cl)cc2)c1. The maximum absolute atomic E-state index is 12.3. The molecule has 0 aromatic heterocycles. The van der Waals surface area contributed by atoms with Crippen LogP contribution in [-0.2, 0) is 20.8 Å². The third kappa shape index (κ3) is 5.83. The summed E-state index contributed by atoms with van der Waals surface area (Å²) in [6.07, 6.45) is 1.14. The van der Waals surface area contributed by atoms with Crippen molar-refractivity contribution in [3.63, 3.8) is 0 Å². The second kappa shape index (κ2) is 10.6. The molecule has 0 saturated heterocycles. The average Bonchev–Trinajstić information content (AvgIpc) is 2.77. The van der Waals surface area contributed by atoms with E-state index in [1.54, 1.807) is 30.3 Å². The number of esters is 2. The minimum Gasteiger partial charge on any atom is -0.465 e. The number of hydrogen-bond acceptors (Lipinski definition) is 7. The van der Waals surface area contributed by atoms with E-state index in [1.807, 2.05) is 0 Å². The predicted octanol–water partition coefficient (Wildman–Crippen LogP) is 3.05. The summed E-state index contributed by atoms with van der Waals surface area (Å²) in [5.41, 5.74) is 1.02. The Labute approximate surface area is 178 Å². The fourth-order valence-corrected chi connectivity index (χ4v) is 2.50. The third-order valence-electron chi connectivity index (χ3n) is 3.95. The number of ether oxygens (including phenoxy) is 2. The van der Waals surface area contributed by atoms with Crippen LogP contribution in [0, 0.1) is 11.3 Å². The first-order chi connectivity index (χ1) is 14.4. The molecular weight excluding hydrogens is 410 g/mol. The maximum atomic E-state index is 12.3. The standard InChI is InChI=1S/C21H18ClN3O5/c1-29-20(27)14-5-8-17(21(28)30-2)18(9-14)24-12-15(10-23)19(26)25-11-13-3-6-16(22)7-4-13/h3-9,12,24H,11H2,1-2H3,(H,25,26)/b15-12-. The lowest BCUT2D eigenvalue weighted by atomic mass is 10.1. The molecule has 2 aromatic rings. The van der Waals surface area contributed by atoms with Gasteiger partial charge in [-0.3, -0.25) is 4.79 Å². The smallest absolute Gasteiger partial charge is 0.339 e. The monoisotopic (exact) mass is 427 g/mol. The van der Waals surface area contributed by atoms with E-state index >= 15 is 0 Å². The number of carbonyl (C=O) groups is 3. The van der Waals surface area contributed by atoms with Crippen molar-refractivity contribution in [3.8, 4) is 6.07 Å². The van der Waals surface area contributed by atoms with Crippen molar-refractivity contribution < 1.29 is 23.9 Å². The number of nitriles is 1. The zero-order valence-electron chi connectivity index (χ0n) is 16.2. The van der Waals surface area contributed by atoms with Crippen LogP contribution in [0.15, 0.2) is 54.2 Å². The number of anilines is 1. The van der Waals surface area contributed by atoms with Gasteiger partial charge in [0, 0.05) is 17.8 Å². The van der Waals surface area contributed by atoms with E-state index < -0.39 is 17.8 Å². The Morgan fingerprint density at radius 1 is 1.07 bits per heavy atom. The van der Waals surface area contributed by atoms with Crippen molar-refractivity contribution in [1.82, 2.24) is 5.32 Å². The molecule has 0 bridgehead atoms. The lowest BCUT2D eigenvalue weighted by molar-refractivity contribution is -0.117. The van der Waals surface area contributed by atoms with Gasteiger partial charge >= 0.3 is 11.9 Å². The summed E-state index contributed by atoms with van der Waals surface area (Å²) in [6, 6.07) is 12.8. The van der Waals surface area contributed by atoms with E-state index in [2.05, 4.69) is 15.4 Å². The number of amides is 1. The van der Waals surface area contributed by atoms with Crippen molar-refractivity contribution in [2.75, 3.05) is 19.5 Å². The highest BCUT2D eigenvalue weighted by Gasteiger charge is 2.16. The highest BCUT2D eigenvalue weighted by molar-refractivity contribution is 6.30. The number of hydrogen-bond donors (Lipinski definition) is 2. The Balaban J connectivity index is 2.20. The Morgan fingerprint density at radius 3 is 2.33 bits per heavy atom. The lowest BCUT2D eigenvalue weighted by Crippen LogP contribution is -2.24. The van der Waals surface area contributed by atoms with E-state index in [9.17, 15) is 19.6 Å². The van der Waals surface area contributed by atoms with Gasteiger partial charge in [0.15, 0.2) is 0 Å². The number of methoxy groups -OCH3 is 2. The number of halogens is 1. The van der Waals surface area contributed by atoms with Gasteiger partial charge in [0.1, 0.15) is 11.6 Å². The Bertz CT molecular complexity index is 1030. The topological polar surface area (TPSA) is 118 Å². The van der Waals surface area contributed by atoms with Crippen molar-refractivity contribution in [2.24, 2.45) is 0 Å². The molecule has 0 aliphatic carbocycles. The quantitative estimate of drug-likeness (QED) is 0.396. The molecular formula is C21H18ClN3O5. The summed E-state index contributed by atoms with van der Waals surface area (Å²) < 4.78 is 9.37. The summed E-state index contributed by atoms with van der Waals surface area (Å²) >= 11 is 5.82. The van der Waals surface area contributed by atoms with E-state index in [0.29, 0.717) is 5.02 Å². The normalized spacial score (nSPS) is 10.5. The highest BCUT2D eigenvalue weighted by Crippen LogP contribution is 2.20. The van der Waals surface area contributed by atoms with Gasteiger partial charge < -0.3 is 20.1 Å². The molecule has 9 heteroatoms. The molecule has 2 N–H and O–H groups in total. The molecule has 0 heterocycles. The molecule has 2 aromatic carbocycles. The summed E-state index contributed by atoms with van der Waals surface area (Å²) in [7, 11) is 2.43. The van der Waals surface area contributed by atoms with Gasteiger partial charge in [-0.15, -0.1) is 0 Å². The van der Waals surface area contributed by atoms with Crippen LogP contribution in [0.2, 0.25) is 5.02 Å². The molecule has 0 spiro atoms.